The van der Waals surface area contributed by atoms with Crippen LogP contribution in [0.2, 0.25) is 0 Å². The average Bonchev–Trinajstić information content (AvgIpc) is 2.85. The highest BCUT2D eigenvalue weighted by Crippen LogP contribution is 2.31. The lowest BCUT2D eigenvalue weighted by Gasteiger charge is -2.13. The topological polar surface area (TPSA) is 122 Å². The van der Waals surface area contributed by atoms with Crippen molar-refractivity contribution in [2.45, 2.75) is 40.7 Å². The second-order valence-electron chi connectivity index (χ2n) is 5.52. The molecule has 1 aromatic heterocycles. The fraction of sp³-hybridized carbons (Fsp3) is 0.412. The molecule has 0 aliphatic carbocycles. The number of rotatable bonds is 6. The van der Waals surface area contributed by atoms with Gasteiger partial charge in [0.15, 0.2) is 5.69 Å². The molecular formula is C17H27N5O2. The first-order valence-corrected chi connectivity index (χ1v) is 7.55. The number of hydrogen-bond acceptors (Lipinski definition) is 5. The number of amides is 1. The standard InChI is InChI=1S/C16H23N5O2.CH4/c1-4-23-12-7-10(8-17)5-6-11(12)21-15(16(19)22)13(18)14(20-21)9(2)3;/h5-7,9H,4,8,17-18H2,1-3H3,(H2,19,22);1H4. The molecule has 2 aromatic rings. The van der Waals surface area contributed by atoms with Crippen LogP contribution in [0.1, 0.15) is 55.9 Å². The summed E-state index contributed by atoms with van der Waals surface area (Å²) in [5.41, 5.74) is 19.9. The van der Waals surface area contributed by atoms with Gasteiger partial charge in [0.05, 0.1) is 18.0 Å². The maximum absolute atomic E-state index is 11.9. The molecule has 7 nitrogen and oxygen atoms in total. The molecule has 0 spiro atoms. The number of nitrogen functional groups attached to an aromatic ring is 1. The lowest BCUT2D eigenvalue weighted by molar-refractivity contribution is 0.0993. The molecule has 6 N–H and O–H groups in total. The van der Waals surface area contributed by atoms with Crippen LogP contribution in [-0.2, 0) is 6.54 Å². The zero-order valence-corrected chi connectivity index (χ0v) is 13.7. The molecule has 132 valence electrons. The van der Waals surface area contributed by atoms with Gasteiger partial charge in [-0.05, 0) is 30.5 Å². The summed E-state index contributed by atoms with van der Waals surface area (Å²) in [4.78, 5) is 11.9. The highest BCUT2D eigenvalue weighted by molar-refractivity contribution is 5.97. The molecule has 0 bridgehead atoms. The minimum atomic E-state index is -0.632. The van der Waals surface area contributed by atoms with Crippen molar-refractivity contribution in [1.82, 2.24) is 9.78 Å². The number of carbonyl (C=O) groups is 1. The van der Waals surface area contributed by atoms with Gasteiger partial charge in [0, 0.05) is 6.54 Å². The molecule has 7 heteroatoms. The Labute approximate surface area is 142 Å². The Morgan fingerprint density at radius 3 is 2.54 bits per heavy atom. The van der Waals surface area contributed by atoms with Gasteiger partial charge >= 0.3 is 0 Å². The molecule has 1 aromatic carbocycles. The number of primary amides is 1. The van der Waals surface area contributed by atoms with E-state index < -0.39 is 5.91 Å². The van der Waals surface area contributed by atoms with Gasteiger partial charge in [-0.1, -0.05) is 27.3 Å². The average molecular weight is 333 g/mol. The van der Waals surface area contributed by atoms with Gasteiger partial charge in [-0.15, -0.1) is 0 Å². The Bertz CT molecular complexity index is 722. The first-order chi connectivity index (χ1) is 10.9. The van der Waals surface area contributed by atoms with Crippen LogP contribution in [-0.4, -0.2) is 22.3 Å². The summed E-state index contributed by atoms with van der Waals surface area (Å²) in [6.07, 6.45) is 0. The van der Waals surface area contributed by atoms with Gasteiger partial charge < -0.3 is 21.9 Å². The molecule has 0 fully saturated rings. The van der Waals surface area contributed by atoms with E-state index in [1.54, 1.807) is 6.07 Å². The van der Waals surface area contributed by atoms with Crippen LogP contribution in [0.25, 0.3) is 5.69 Å². The minimum Gasteiger partial charge on any atom is -0.492 e. The Kier molecular flexibility index (Phi) is 6.36. The Morgan fingerprint density at radius 1 is 1.38 bits per heavy atom. The number of nitrogens with zero attached hydrogens (tertiary/aromatic N) is 2. The van der Waals surface area contributed by atoms with E-state index >= 15 is 0 Å². The van der Waals surface area contributed by atoms with E-state index in [-0.39, 0.29) is 19.0 Å². The van der Waals surface area contributed by atoms with Crippen molar-refractivity contribution >= 4 is 11.6 Å². The van der Waals surface area contributed by atoms with E-state index in [2.05, 4.69) is 5.10 Å². The quantitative estimate of drug-likeness (QED) is 0.747. The molecule has 0 unspecified atom stereocenters. The van der Waals surface area contributed by atoms with Crippen molar-refractivity contribution in [3.8, 4) is 11.4 Å². The first-order valence-electron chi connectivity index (χ1n) is 7.55. The number of benzene rings is 1. The third-order valence-corrected chi connectivity index (χ3v) is 3.52. The molecule has 0 aliphatic heterocycles. The van der Waals surface area contributed by atoms with Crippen LogP contribution in [0, 0.1) is 0 Å². The zero-order valence-electron chi connectivity index (χ0n) is 13.7. The number of hydrogen-bond donors (Lipinski definition) is 3. The first kappa shape index (κ1) is 19.5. The van der Waals surface area contributed by atoms with Crippen molar-refractivity contribution in [3.05, 3.63) is 35.2 Å². The van der Waals surface area contributed by atoms with Crippen molar-refractivity contribution in [3.63, 3.8) is 0 Å². The molecule has 1 heterocycles. The van der Waals surface area contributed by atoms with E-state index in [0.29, 0.717) is 36.0 Å². The smallest absolute Gasteiger partial charge is 0.269 e. The molecule has 0 radical (unpaired) electrons. The van der Waals surface area contributed by atoms with E-state index in [9.17, 15) is 4.79 Å². The molecule has 0 aliphatic rings. The summed E-state index contributed by atoms with van der Waals surface area (Å²) in [7, 11) is 0. The van der Waals surface area contributed by atoms with Crippen LogP contribution in [0.5, 0.6) is 5.75 Å². The number of aromatic nitrogens is 2. The SMILES string of the molecule is C.CCOc1cc(CN)ccc1-n1nc(C(C)C)c(N)c1C(N)=O. The number of carbonyl (C=O) groups excluding carboxylic acids is 1. The lowest BCUT2D eigenvalue weighted by atomic mass is 10.1. The summed E-state index contributed by atoms with van der Waals surface area (Å²) < 4.78 is 7.13. The van der Waals surface area contributed by atoms with E-state index in [1.807, 2.05) is 32.9 Å². The van der Waals surface area contributed by atoms with Gasteiger partial charge in [0.1, 0.15) is 11.4 Å². The zero-order chi connectivity index (χ0) is 17.1. The number of ether oxygens (including phenoxy) is 1. The third kappa shape index (κ3) is 3.51. The monoisotopic (exact) mass is 333 g/mol. The van der Waals surface area contributed by atoms with Gasteiger partial charge in [-0.2, -0.15) is 5.10 Å². The fourth-order valence-corrected chi connectivity index (χ4v) is 2.42. The van der Waals surface area contributed by atoms with E-state index in [1.165, 1.54) is 4.68 Å². The molecule has 0 saturated heterocycles. The summed E-state index contributed by atoms with van der Waals surface area (Å²) in [6.45, 7) is 6.65. The highest BCUT2D eigenvalue weighted by Gasteiger charge is 2.24. The van der Waals surface area contributed by atoms with Gasteiger partial charge in [-0.3, -0.25) is 4.79 Å². The molecule has 0 atom stereocenters. The van der Waals surface area contributed by atoms with Crippen LogP contribution in [0.4, 0.5) is 5.69 Å². The predicted octanol–water partition coefficient (Wildman–Crippen LogP) is 2.17. The fourth-order valence-electron chi connectivity index (χ4n) is 2.42. The highest BCUT2D eigenvalue weighted by atomic mass is 16.5. The summed E-state index contributed by atoms with van der Waals surface area (Å²) in [5, 5.41) is 4.48. The van der Waals surface area contributed by atoms with Crippen LogP contribution < -0.4 is 21.9 Å². The molecule has 2 rings (SSSR count). The molecule has 1 amide bonds. The maximum Gasteiger partial charge on any atom is 0.269 e. The van der Waals surface area contributed by atoms with Crippen molar-refractivity contribution in [2.24, 2.45) is 11.5 Å². The number of anilines is 1. The second-order valence-corrected chi connectivity index (χ2v) is 5.52. The van der Waals surface area contributed by atoms with Crippen molar-refractivity contribution in [2.75, 3.05) is 12.3 Å². The normalized spacial score (nSPS) is 10.5. The lowest BCUT2D eigenvalue weighted by Crippen LogP contribution is -2.19. The third-order valence-electron chi connectivity index (χ3n) is 3.52. The minimum absolute atomic E-state index is 0. The van der Waals surface area contributed by atoms with Gasteiger partial charge in [0.25, 0.3) is 5.91 Å². The van der Waals surface area contributed by atoms with Gasteiger partial charge in [0.2, 0.25) is 0 Å². The summed E-state index contributed by atoms with van der Waals surface area (Å²) in [6, 6.07) is 5.49. The van der Waals surface area contributed by atoms with Crippen molar-refractivity contribution in [1.29, 1.82) is 0 Å². The largest absolute Gasteiger partial charge is 0.492 e. The number of nitrogens with two attached hydrogens (primary N) is 3. The second kappa shape index (κ2) is 7.83. The Morgan fingerprint density at radius 2 is 2.04 bits per heavy atom. The summed E-state index contributed by atoms with van der Waals surface area (Å²) >= 11 is 0. The Hall–Kier alpha value is -2.54. The van der Waals surface area contributed by atoms with Crippen LogP contribution in [0.3, 0.4) is 0 Å². The van der Waals surface area contributed by atoms with Crippen molar-refractivity contribution < 1.29 is 9.53 Å². The summed E-state index contributed by atoms with van der Waals surface area (Å²) in [5.74, 6) is 0.0104. The molecule has 24 heavy (non-hydrogen) atoms. The Balaban J connectivity index is 0.00000288. The maximum atomic E-state index is 11.9. The predicted molar refractivity (Wildman–Crippen MR) is 96.4 cm³/mol. The van der Waals surface area contributed by atoms with Gasteiger partial charge in [-0.25, -0.2) is 4.68 Å². The molecule has 0 saturated carbocycles. The van der Waals surface area contributed by atoms with Crippen LogP contribution in [0.15, 0.2) is 18.2 Å². The van der Waals surface area contributed by atoms with Crippen LogP contribution >= 0.6 is 0 Å². The molecular weight excluding hydrogens is 306 g/mol. The van der Waals surface area contributed by atoms with E-state index in [4.69, 9.17) is 21.9 Å². The van der Waals surface area contributed by atoms with E-state index in [0.717, 1.165) is 5.56 Å².